The number of pyridine rings is 1. The van der Waals surface area contributed by atoms with Crippen LogP contribution in [0, 0.1) is 10.1 Å². The number of nitrogens with zero attached hydrogens (tertiary/aromatic N) is 2. The quantitative estimate of drug-likeness (QED) is 0.575. The minimum atomic E-state index is -0.570. The first-order valence-corrected chi connectivity index (χ1v) is 6.88. The largest absolute Gasteiger partial charge is 0.486 e. The van der Waals surface area contributed by atoms with Gasteiger partial charge in [0.2, 0.25) is 0 Å². The summed E-state index contributed by atoms with van der Waals surface area (Å²) in [5.41, 5.74) is 0.626. The molecule has 0 bridgehead atoms. The Morgan fingerprint density at radius 1 is 1.25 bits per heavy atom. The fourth-order valence-electron chi connectivity index (χ4n) is 1.48. The highest BCUT2D eigenvalue weighted by Gasteiger charge is 2.15. The van der Waals surface area contributed by atoms with Crippen LogP contribution >= 0.6 is 39.1 Å². The van der Waals surface area contributed by atoms with Crippen molar-refractivity contribution in [2.75, 3.05) is 0 Å². The summed E-state index contributed by atoms with van der Waals surface area (Å²) >= 11 is 15.2. The normalized spacial score (nSPS) is 10.3. The first-order valence-electron chi connectivity index (χ1n) is 5.33. The van der Waals surface area contributed by atoms with Crippen LogP contribution in [0.2, 0.25) is 10.0 Å². The summed E-state index contributed by atoms with van der Waals surface area (Å²) in [5.74, 6) is 0.207. The molecule has 20 heavy (non-hydrogen) atoms. The zero-order valence-corrected chi connectivity index (χ0v) is 12.9. The van der Waals surface area contributed by atoms with E-state index >= 15 is 0 Å². The van der Waals surface area contributed by atoms with Gasteiger partial charge in [-0.2, -0.15) is 0 Å². The average Bonchev–Trinajstić information content (AvgIpc) is 2.37. The van der Waals surface area contributed by atoms with Gasteiger partial charge in [0, 0.05) is 34.6 Å². The summed E-state index contributed by atoms with van der Waals surface area (Å²) in [7, 11) is 0. The monoisotopic (exact) mass is 376 g/mol. The number of nitro benzene ring substituents is 1. The molecule has 104 valence electrons. The number of hydrogen-bond acceptors (Lipinski definition) is 4. The molecule has 1 heterocycles. The molecule has 0 unspecified atom stereocenters. The SMILES string of the molecule is O=[N+]([O-])c1cc(Cl)c(OCc2cncc(Br)c2)c(Cl)c1. The van der Waals surface area contributed by atoms with Gasteiger partial charge in [-0.25, -0.2) is 0 Å². The summed E-state index contributed by atoms with van der Waals surface area (Å²) in [6, 6.07) is 4.23. The molecule has 8 heteroatoms. The second-order valence-electron chi connectivity index (χ2n) is 3.80. The molecule has 0 saturated heterocycles. The van der Waals surface area contributed by atoms with Crippen molar-refractivity contribution in [1.82, 2.24) is 4.98 Å². The van der Waals surface area contributed by atoms with Crippen molar-refractivity contribution in [3.8, 4) is 5.75 Å². The van der Waals surface area contributed by atoms with E-state index in [1.54, 1.807) is 12.4 Å². The second-order valence-corrected chi connectivity index (χ2v) is 5.53. The van der Waals surface area contributed by atoms with Gasteiger partial charge in [0.1, 0.15) is 6.61 Å². The van der Waals surface area contributed by atoms with E-state index in [1.165, 1.54) is 12.1 Å². The van der Waals surface area contributed by atoms with Gasteiger partial charge in [-0.05, 0) is 22.0 Å². The Balaban J connectivity index is 2.20. The van der Waals surface area contributed by atoms with Crippen molar-refractivity contribution in [1.29, 1.82) is 0 Å². The van der Waals surface area contributed by atoms with Crippen LogP contribution < -0.4 is 4.74 Å². The zero-order chi connectivity index (χ0) is 14.7. The molecular weight excluding hydrogens is 371 g/mol. The molecule has 1 aromatic heterocycles. The molecule has 0 N–H and O–H groups in total. The highest BCUT2D eigenvalue weighted by Crippen LogP contribution is 2.37. The van der Waals surface area contributed by atoms with Crippen LogP contribution in [-0.4, -0.2) is 9.91 Å². The van der Waals surface area contributed by atoms with E-state index in [-0.39, 0.29) is 28.1 Å². The van der Waals surface area contributed by atoms with Crippen molar-refractivity contribution in [3.05, 3.63) is 60.8 Å². The predicted molar refractivity (Wildman–Crippen MR) is 79.4 cm³/mol. The summed E-state index contributed by atoms with van der Waals surface area (Å²) < 4.78 is 6.32. The van der Waals surface area contributed by atoms with Gasteiger partial charge in [0.15, 0.2) is 5.75 Å². The van der Waals surface area contributed by atoms with E-state index in [4.69, 9.17) is 27.9 Å². The number of hydrogen-bond donors (Lipinski definition) is 0. The molecule has 0 aliphatic heterocycles. The summed E-state index contributed by atoms with van der Waals surface area (Å²) in [6.07, 6.45) is 3.29. The van der Waals surface area contributed by atoms with Gasteiger partial charge in [-0.3, -0.25) is 15.1 Å². The van der Waals surface area contributed by atoms with Crippen molar-refractivity contribution in [3.63, 3.8) is 0 Å². The van der Waals surface area contributed by atoms with Crippen LogP contribution in [0.15, 0.2) is 35.1 Å². The van der Waals surface area contributed by atoms with Crippen molar-refractivity contribution >= 4 is 44.8 Å². The van der Waals surface area contributed by atoms with E-state index in [9.17, 15) is 10.1 Å². The Hall–Kier alpha value is -1.37. The highest BCUT2D eigenvalue weighted by molar-refractivity contribution is 9.10. The Labute approximate surface area is 132 Å². The van der Waals surface area contributed by atoms with Crippen molar-refractivity contribution < 1.29 is 9.66 Å². The standard InChI is InChI=1S/C12H7BrCl2N2O3/c13-8-1-7(4-16-5-8)6-20-12-10(14)2-9(17(18)19)3-11(12)15/h1-5H,6H2. The molecule has 0 fully saturated rings. The first-order chi connectivity index (χ1) is 9.47. The van der Waals surface area contributed by atoms with Crippen LogP contribution in [-0.2, 0) is 6.61 Å². The topological polar surface area (TPSA) is 65.3 Å². The molecule has 0 atom stereocenters. The predicted octanol–water partition coefficient (Wildman–Crippen LogP) is 4.64. The Morgan fingerprint density at radius 2 is 1.90 bits per heavy atom. The number of aromatic nitrogens is 1. The van der Waals surface area contributed by atoms with Crippen LogP contribution in [0.5, 0.6) is 5.75 Å². The van der Waals surface area contributed by atoms with E-state index < -0.39 is 4.92 Å². The molecule has 2 aromatic rings. The minimum absolute atomic E-state index is 0.0900. The smallest absolute Gasteiger partial charge is 0.272 e. The lowest BCUT2D eigenvalue weighted by molar-refractivity contribution is -0.384. The van der Waals surface area contributed by atoms with Gasteiger partial charge >= 0.3 is 0 Å². The Kier molecular flexibility index (Phi) is 4.80. The van der Waals surface area contributed by atoms with Gasteiger partial charge in [-0.1, -0.05) is 23.2 Å². The van der Waals surface area contributed by atoms with Crippen LogP contribution in [0.4, 0.5) is 5.69 Å². The summed E-state index contributed by atoms with van der Waals surface area (Å²) in [4.78, 5) is 14.1. The summed E-state index contributed by atoms with van der Waals surface area (Å²) in [5, 5.41) is 10.8. The van der Waals surface area contributed by atoms with Crippen LogP contribution in [0.1, 0.15) is 5.56 Å². The van der Waals surface area contributed by atoms with Gasteiger partial charge in [0.25, 0.3) is 5.69 Å². The third-order valence-electron chi connectivity index (χ3n) is 2.34. The first kappa shape index (κ1) is 15.0. The second kappa shape index (κ2) is 6.39. The van der Waals surface area contributed by atoms with Crippen molar-refractivity contribution in [2.24, 2.45) is 0 Å². The number of halogens is 3. The number of benzene rings is 1. The van der Waals surface area contributed by atoms with Gasteiger partial charge < -0.3 is 4.74 Å². The lowest BCUT2D eigenvalue weighted by Gasteiger charge is -2.09. The number of nitro groups is 1. The minimum Gasteiger partial charge on any atom is -0.486 e. The number of non-ortho nitro benzene ring substituents is 1. The highest BCUT2D eigenvalue weighted by atomic mass is 79.9. The van der Waals surface area contributed by atoms with E-state index in [2.05, 4.69) is 20.9 Å². The zero-order valence-electron chi connectivity index (χ0n) is 9.85. The molecule has 0 amide bonds. The van der Waals surface area contributed by atoms with E-state index in [0.29, 0.717) is 0 Å². The number of rotatable bonds is 4. The fraction of sp³-hybridized carbons (Fsp3) is 0.0833. The van der Waals surface area contributed by atoms with Crippen LogP contribution in [0.3, 0.4) is 0 Å². The molecule has 2 rings (SSSR count). The maximum atomic E-state index is 10.7. The third-order valence-corrected chi connectivity index (χ3v) is 3.33. The lowest BCUT2D eigenvalue weighted by atomic mass is 10.3. The van der Waals surface area contributed by atoms with Gasteiger partial charge in [0.05, 0.1) is 15.0 Å². The van der Waals surface area contributed by atoms with E-state index in [1.807, 2.05) is 6.07 Å². The molecule has 0 aliphatic rings. The van der Waals surface area contributed by atoms with E-state index in [0.717, 1.165) is 10.0 Å². The molecule has 0 radical (unpaired) electrons. The van der Waals surface area contributed by atoms with Crippen LogP contribution in [0.25, 0.3) is 0 Å². The molecule has 0 aliphatic carbocycles. The third kappa shape index (κ3) is 3.59. The molecule has 0 spiro atoms. The average molecular weight is 378 g/mol. The molecule has 0 saturated carbocycles. The Bertz CT molecular complexity index is 644. The number of ether oxygens (including phenoxy) is 1. The van der Waals surface area contributed by atoms with Crippen molar-refractivity contribution in [2.45, 2.75) is 6.61 Å². The molecule has 5 nitrogen and oxygen atoms in total. The summed E-state index contributed by atoms with van der Waals surface area (Å²) in [6.45, 7) is 0.198. The van der Waals surface area contributed by atoms with Gasteiger partial charge in [-0.15, -0.1) is 0 Å². The molecule has 1 aromatic carbocycles. The maximum absolute atomic E-state index is 10.7. The maximum Gasteiger partial charge on any atom is 0.272 e. The lowest BCUT2D eigenvalue weighted by Crippen LogP contribution is -1.98. The molecular formula is C12H7BrCl2N2O3. The fourth-order valence-corrected chi connectivity index (χ4v) is 2.48. The Morgan fingerprint density at radius 3 is 2.45 bits per heavy atom.